The summed E-state index contributed by atoms with van der Waals surface area (Å²) in [6.45, 7) is 7.62. The van der Waals surface area contributed by atoms with Crippen molar-refractivity contribution in [1.82, 2.24) is 5.32 Å². The highest BCUT2D eigenvalue weighted by Crippen LogP contribution is 2.21. The molecule has 4 N–H and O–H groups in total. The van der Waals surface area contributed by atoms with Crippen molar-refractivity contribution in [3.8, 4) is 0 Å². The Balaban J connectivity index is 0.00000441. The number of aliphatic hydroxyl groups is 1. The van der Waals surface area contributed by atoms with Crippen molar-refractivity contribution in [2.24, 2.45) is 16.6 Å². The van der Waals surface area contributed by atoms with Crippen LogP contribution in [0.15, 0.2) is 35.3 Å². The number of hydrogen-bond donors (Lipinski definition) is 3. The Morgan fingerprint density at radius 1 is 1.23 bits per heavy atom. The summed E-state index contributed by atoms with van der Waals surface area (Å²) in [5.41, 5.74) is 7.09. The van der Waals surface area contributed by atoms with Gasteiger partial charge in [-0.05, 0) is 31.2 Å². The molecule has 0 aliphatic heterocycles. The van der Waals surface area contributed by atoms with Crippen LogP contribution in [0.5, 0.6) is 0 Å². The molecule has 0 radical (unpaired) electrons. The average molecular weight is 419 g/mol. The van der Waals surface area contributed by atoms with Crippen LogP contribution in [0.3, 0.4) is 0 Å². The zero-order valence-electron chi connectivity index (χ0n) is 13.8. The van der Waals surface area contributed by atoms with Gasteiger partial charge in [-0.25, -0.2) is 0 Å². The van der Waals surface area contributed by atoms with Crippen LogP contribution >= 0.6 is 24.0 Å². The SMILES string of the molecule is CC(C)CCNC(N)=NCC(CC(C)O)c1ccccc1.I. The summed E-state index contributed by atoms with van der Waals surface area (Å²) in [4.78, 5) is 4.42. The largest absolute Gasteiger partial charge is 0.393 e. The molecular weight excluding hydrogens is 389 g/mol. The van der Waals surface area contributed by atoms with Crippen LogP contribution in [-0.2, 0) is 0 Å². The van der Waals surface area contributed by atoms with E-state index >= 15 is 0 Å². The van der Waals surface area contributed by atoms with E-state index in [4.69, 9.17) is 5.73 Å². The molecule has 0 amide bonds. The lowest BCUT2D eigenvalue weighted by atomic mass is 9.93. The lowest BCUT2D eigenvalue weighted by Gasteiger charge is -2.17. The second-order valence-electron chi connectivity index (χ2n) is 6.03. The van der Waals surface area contributed by atoms with Gasteiger partial charge in [0, 0.05) is 19.0 Å². The van der Waals surface area contributed by atoms with E-state index in [9.17, 15) is 5.11 Å². The van der Waals surface area contributed by atoms with Crippen LogP contribution in [0.1, 0.15) is 45.1 Å². The molecule has 1 aromatic rings. The number of aliphatic hydroxyl groups excluding tert-OH is 1. The summed E-state index contributed by atoms with van der Waals surface area (Å²) in [6, 6.07) is 10.2. The van der Waals surface area contributed by atoms with Gasteiger partial charge in [0.15, 0.2) is 5.96 Å². The zero-order valence-corrected chi connectivity index (χ0v) is 16.2. The minimum absolute atomic E-state index is 0. The van der Waals surface area contributed by atoms with Gasteiger partial charge in [0.2, 0.25) is 0 Å². The second kappa shape index (κ2) is 11.7. The average Bonchev–Trinajstić information content (AvgIpc) is 2.43. The molecular formula is C17H30IN3O. The molecule has 2 unspecified atom stereocenters. The van der Waals surface area contributed by atoms with Gasteiger partial charge in [-0.1, -0.05) is 44.2 Å². The number of rotatable bonds is 8. The van der Waals surface area contributed by atoms with E-state index in [-0.39, 0.29) is 36.0 Å². The van der Waals surface area contributed by atoms with Crippen LogP contribution in [0.4, 0.5) is 0 Å². The molecule has 0 saturated carbocycles. The highest BCUT2D eigenvalue weighted by molar-refractivity contribution is 14.0. The molecule has 1 aromatic carbocycles. The molecule has 0 aliphatic rings. The van der Waals surface area contributed by atoms with Gasteiger partial charge in [0.25, 0.3) is 0 Å². The third kappa shape index (κ3) is 9.25. The van der Waals surface area contributed by atoms with Crippen LogP contribution in [0, 0.1) is 5.92 Å². The van der Waals surface area contributed by atoms with E-state index in [0.29, 0.717) is 24.8 Å². The summed E-state index contributed by atoms with van der Waals surface area (Å²) in [6.07, 6.45) is 1.42. The minimum Gasteiger partial charge on any atom is -0.393 e. The van der Waals surface area contributed by atoms with Crippen molar-refractivity contribution in [3.05, 3.63) is 35.9 Å². The molecule has 4 nitrogen and oxygen atoms in total. The van der Waals surface area contributed by atoms with Gasteiger partial charge in [0.1, 0.15) is 0 Å². The van der Waals surface area contributed by atoms with Gasteiger partial charge in [0.05, 0.1) is 6.10 Å². The van der Waals surface area contributed by atoms with Crippen molar-refractivity contribution in [1.29, 1.82) is 0 Å². The first-order valence-electron chi connectivity index (χ1n) is 7.75. The zero-order chi connectivity index (χ0) is 15.7. The number of benzene rings is 1. The van der Waals surface area contributed by atoms with E-state index < -0.39 is 0 Å². The molecule has 0 fully saturated rings. The Morgan fingerprint density at radius 3 is 2.41 bits per heavy atom. The Hall–Kier alpha value is -0.820. The molecule has 0 bridgehead atoms. The molecule has 0 spiro atoms. The van der Waals surface area contributed by atoms with Crippen molar-refractivity contribution >= 4 is 29.9 Å². The molecule has 22 heavy (non-hydrogen) atoms. The maximum Gasteiger partial charge on any atom is 0.188 e. The molecule has 0 saturated heterocycles. The Bertz CT molecular complexity index is 421. The fraction of sp³-hybridized carbons (Fsp3) is 0.588. The highest BCUT2D eigenvalue weighted by Gasteiger charge is 2.13. The first kappa shape index (κ1) is 21.2. The second-order valence-corrected chi connectivity index (χ2v) is 6.03. The van der Waals surface area contributed by atoms with E-state index in [1.54, 1.807) is 0 Å². The monoisotopic (exact) mass is 419 g/mol. The first-order chi connectivity index (χ1) is 9.99. The Kier molecular flexibility index (Phi) is 11.3. The van der Waals surface area contributed by atoms with Crippen molar-refractivity contribution in [3.63, 3.8) is 0 Å². The van der Waals surface area contributed by atoms with Gasteiger partial charge in [-0.2, -0.15) is 0 Å². The fourth-order valence-corrected chi connectivity index (χ4v) is 2.21. The molecule has 2 atom stereocenters. The maximum atomic E-state index is 9.66. The molecule has 126 valence electrons. The first-order valence-corrected chi connectivity index (χ1v) is 7.75. The van der Waals surface area contributed by atoms with E-state index in [0.717, 1.165) is 13.0 Å². The van der Waals surface area contributed by atoms with Crippen LogP contribution in [0.25, 0.3) is 0 Å². The van der Waals surface area contributed by atoms with Crippen LogP contribution in [0.2, 0.25) is 0 Å². The standard InChI is InChI=1S/C17H29N3O.HI/c1-13(2)9-10-19-17(18)20-12-16(11-14(3)21)15-7-5-4-6-8-15;/h4-8,13-14,16,21H,9-12H2,1-3H3,(H3,18,19,20);1H. The maximum absolute atomic E-state index is 9.66. The van der Waals surface area contributed by atoms with E-state index in [1.165, 1.54) is 5.56 Å². The Morgan fingerprint density at radius 2 is 1.86 bits per heavy atom. The Labute approximate surface area is 151 Å². The summed E-state index contributed by atoms with van der Waals surface area (Å²) in [5, 5.41) is 12.8. The molecule has 5 heteroatoms. The van der Waals surface area contributed by atoms with Crippen molar-refractivity contribution in [2.45, 2.75) is 45.6 Å². The van der Waals surface area contributed by atoms with Crippen molar-refractivity contribution < 1.29 is 5.11 Å². The van der Waals surface area contributed by atoms with E-state index in [2.05, 4.69) is 36.3 Å². The van der Waals surface area contributed by atoms with E-state index in [1.807, 2.05) is 25.1 Å². The number of guanidine groups is 1. The van der Waals surface area contributed by atoms with Gasteiger partial charge in [-0.3, -0.25) is 4.99 Å². The summed E-state index contributed by atoms with van der Waals surface area (Å²) >= 11 is 0. The predicted octanol–water partition coefficient (Wildman–Crippen LogP) is 3.11. The van der Waals surface area contributed by atoms with Gasteiger partial charge >= 0.3 is 0 Å². The summed E-state index contributed by atoms with van der Waals surface area (Å²) in [7, 11) is 0. The summed E-state index contributed by atoms with van der Waals surface area (Å²) in [5.74, 6) is 1.33. The quantitative estimate of drug-likeness (QED) is 0.345. The van der Waals surface area contributed by atoms with Crippen LogP contribution in [-0.4, -0.2) is 30.3 Å². The smallest absolute Gasteiger partial charge is 0.188 e. The molecule has 0 aliphatic carbocycles. The van der Waals surface area contributed by atoms with Gasteiger partial charge < -0.3 is 16.2 Å². The van der Waals surface area contributed by atoms with Crippen LogP contribution < -0.4 is 11.1 Å². The van der Waals surface area contributed by atoms with Crippen molar-refractivity contribution in [2.75, 3.05) is 13.1 Å². The number of hydrogen-bond acceptors (Lipinski definition) is 2. The molecule has 0 heterocycles. The number of halogens is 1. The highest BCUT2D eigenvalue weighted by atomic mass is 127. The third-order valence-corrected chi connectivity index (χ3v) is 3.41. The normalized spacial score (nSPS) is 14.3. The predicted molar refractivity (Wildman–Crippen MR) is 105 cm³/mol. The number of nitrogens with zero attached hydrogens (tertiary/aromatic N) is 1. The number of nitrogens with one attached hydrogen (secondary N) is 1. The third-order valence-electron chi connectivity index (χ3n) is 3.41. The lowest BCUT2D eigenvalue weighted by Crippen LogP contribution is -2.33. The number of aliphatic imine (C=N–C) groups is 1. The lowest BCUT2D eigenvalue weighted by molar-refractivity contribution is 0.175. The minimum atomic E-state index is -0.347. The van der Waals surface area contributed by atoms with Gasteiger partial charge in [-0.15, -0.1) is 24.0 Å². The molecule has 1 rings (SSSR count). The molecule has 0 aromatic heterocycles. The number of nitrogens with two attached hydrogens (primary N) is 1. The fourth-order valence-electron chi connectivity index (χ4n) is 2.21. The topological polar surface area (TPSA) is 70.6 Å². The summed E-state index contributed by atoms with van der Waals surface area (Å²) < 4.78 is 0.